The lowest BCUT2D eigenvalue weighted by Crippen LogP contribution is -1.89. The van der Waals surface area contributed by atoms with E-state index < -0.39 is 0 Å². The number of benzene rings is 1. The fourth-order valence-electron chi connectivity index (χ4n) is 1.94. The van der Waals surface area contributed by atoms with Crippen LogP contribution in [-0.4, -0.2) is 0 Å². The lowest BCUT2D eigenvalue weighted by molar-refractivity contribution is 0.863. The van der Waals surface area contributed by atoms with E-state index in [0.717, 1.165) is 6.42 Å². The molecule has 0 N–H and O–H groups in total. The van der Waals surface area contributed by atoms with E-state index in [1.165, 1.54) is 28.7 Å². The zero-order valence-corrected chi connectivity index (χ0v) is 8.43. The summed E-state index contributed by atoms with van der Waals surface area (Å²) in [6.45, 7) is 8.55. The van der Waals surface area contributed by atoms with Gasteiger partial charge in [0, 0.05) is 0 Å². The molecule has 1 aromatic rings. The Bertz CT molecular complexity index is 345. The maximum atomic E-state index is 4.07. The molecule has 0 unspecified atom stereocenters. The Hall–Kier alpha value is -1.04. The Kier molecular flexibility index (Phi) is 1.99. The fourth-order valence-corrected chi connectivity index (χ4v) is 1.94. The van der Waals surface area contributed by atoms with E-state index in [2.05, 4.69) is 38.6 Å². The molecule has 1 aliphatic carbocycles. The van der Waals surface area contributed by atoms with Gasteiger partial charge in [0.2, 0.25) is 0 Å². The first-order valence-corrected chi connectivity index (χ1v) is 4.99. The molecule has 0 spiro atoms. The molecule has 0 heteroatoms. The Labute approximate surface area is 80.3 Å². The van der Waals surface area contributed by atoms with Gasteiger partial charge in [-0.2, -0.15) is 0 Å². The van der Waals surface area contributed by atoms with Crippen molar-refractivity contribution in [2.24, 2.45) is 0 Å². The second-order valence-corrected chi connectivity index (χ2v) is 4.17. The lowest BCUT2D eigenvalue weighted by Gasteiger charge is -2.07. The van der Waals surface area contributed by atoms with Crippen LogP contribution in [-0.2, 0) is 6.42 Å². The molecule has 0 saturated heterocycles. The van der Waals surface area contributed by atoms with Crippen molar-refractivity contribution in [2.75, 3.05) is 0 Å². The van der Waals surface area contributed by atoms with Crippen LogP contribution < -0.4 is 0 Å². The zero-order chi connectivity index (χ0) is 9.42. The van der Waals surface area contributed by atoms with Gasteiger partial charge in [-0.25, -0.2) is 0 Å². The summed E-state index contributed by atoms with van der Waals surface area (Å²) in [5.74, 6) is 0.638. The number of allylic oxidation sites excluding steroid dienone is 1. The second kappa shape index (κ2) is 3.02. The number of aryl methyl sites for hydroxylation is 1. The van der Waals surface area contributed by atoms with Crippen molar-refractivity contribution < 1.29 is 0 Å². The minimum absolute atomic E-state index is 0.638. The van der Waals surface area contributed by atoms with E-state index in [9.17, 15) is 0 Å². The first-order valence-electron chi connectivity index (χ1n) is 4.99. The van der Waals surface area contributed by atoms with Crippen molar-refractivity contribution >= 4 is 5.57 Å². The molecule has 0 radical (unpaired) electrons. The Morgan fingerprint density at radius 3 is 2.69 bits per heavy atom. The normalized spacial score (nSPS) is 15.2. The SMILES string of the molecule is C=C1CCc2cc(C(C)C)ccc21. The van der Waals surface area contributed by atoms with Crippen LogP contribution in [0.5, 0.6) is 0 Å². The largest absolute Gasteiger partial charge is 0.0952 e. The van der Waals surface area contributed by atoms with Crippen LogP contribution in [0.3, 0.4) is 0 Å². The second-order valence-electron chi connectivity index (χ2n) is 4.17. The van der Waals surface area contributed by atoms with Crippen LogP contribution in [0.15, 0.2) is 24.8 Å². The molecule has 0 amide bonds. The van der Waals surface area contributed by atoms with E-state index in [4.69, 9.17) is 0 Å². The molecule has 0 aromatic heterocycles. The molecular weight excluding hydrogens is 156 g/mol. The summed E-state index contributed by atoms with van der Waals surface area (Å²) >= 11 is 0. The predicted molar refractivity (Wildman–Crippen MR) is 57.9 cm³/mol. The average Bonchev–Trinajstić information content (AvgIpc) is 2.47. The number of hydrogen-bond acceptors (Lipinski definition) is 0. The molecule has 0 aliphatic heterocycles. The summed E-state index contributed by atoms with van der Waals surface area (Å²) in [5.41, 5.74) is 5.65. The minimum Gasteiger partial charge on any atom is -0.0952 e. The Morgan fingerprint density at radius 1 is 1.23 bits per heavy atom. The summed E-state index contributed by atoms with van der Waals surface area (Å²) in [6, 6.07) is 6.82. The van der Waals surface area contributed by atoms with Crippen molar-refractivity contribution in [1.82, 2.24) is 0 Å². The lowest BCUT2D eigenvalue weighted by atomic mass is 9.98. The number of hydrogen-bond donors (Lipinski definition) is 0. The smallest absolute Gasteiger partial charge is 0.0198 e. The molecule has 68 valence electrons. The molecule has 0 fully saturated rings. The van der Waals surface area contributed by atoms with Crippen LogP contribution >= 0.6 is 0 Å². The van der Waals surface area contributed by atoms with Gasteiger partial charge >= 0.3 is 0 Å². The third kappa shape index (κ3) is 1.41. The quantitative estimate of drug-likeness (QED) is 0.605. The molecule has 13 heavy (non-hydrogen) atoms. The summed E-state index contributed by atoms with van der Waals surface area (Å²) in [5, 5.41) is 0. The minimum atomic E-state index is 0.638. The van der Waals surface area contributed by atoms with Gasteiger partial charge in [-0.3, -0.25) is 0 Å². The first-order chi connectivity index (χ1) is 6.18. The van der Waals surface area contributed by atoms with Gasteiger partial charge in [0.25, 0.3) is 0 Å². The third-order valence-corrected chi connectivity index (χ3v) is 2.87. The van der Waals surface area contributed by atoms with E-state index in [1.54, 1.807) is 0 Å². The Balaban J connectivity index is 2.45. The number of fused-ring (bicyclic) bond motifs is 1. The molecule has 1 aromatic carbocycles. The van der Waals surface area contributed by atoms with Crippen molar-refractivity contribution in [3.63, 3.8) is 0 Å². The molecule has 0 nitrogen and oxygen atoms in total. The first kappa shape index (κ1) is 8.55. The van der Waals surface area contributed by atoms with Gasteiger partial charge in [-0.05, 0) is 41.0 Å². The number of rotatable bonds is 1. The summed E-state index contributed by atoms with van der Waals surface area (Å²) in [4.78, 5) is 0. The van der Waals surface area contributed by atoms with Crippen molar-refractivity contribution in [3.05, 3.63) is 41.5 Å². The van der Waals surface area contributed by atoms with E-state index in [1.807, 2.05) is 0 Å². The topological polar surface area (TPSA) is 0 Å². The van der Waals surface area contributed by atoms with Crippen LogP contribution in [0.4, 0.5) is 0 Å². The van der Waals surface area contributed by atoms with Gasteiger partial charge in [-0.1, -0.05) is 38.6 Å². The van der Waals surface area contributed by atoms with Crippen LogP contribution in [0.1, 0.15) is 42.9 Å². The molecule has 1 aliphatic rings. The monoisotopic (exact) mass is 172 g/mol. The van der Waals surface area contributed by atoms with Crippen LogP contribution in [0.2, 0.25) is 0 Å². The maximum Gasteiger partial charge on any atom is -0.0198 e. The molecule has 0 atom stereocenters. The molecular formula is C13H16. The van der Waals surface area contributed by atoms with E-state index in [0.29, 0.717) is 5.92 Å². The highest BCUT2D eigenvalue weighted by atomic mass is 14.2. The summed E-state index contributed by atoms with van der Waals surface area (Å²) in [6.07, 6.45) is 2.34. The van der Waals surface area contributed by atoms with Gasteiger partial charge < -0.3 is 0 Å². The highest BCUT2D eigenvalue weighted by molar-refractivity contribution is 5.71. The fraction of sp³-hybridized carbons (Fsp3) is 0.385. The van der Waals surface area contributed by atoms with E-state index >= 15 is 0 Å². The van der Waals surface area contributed by atoms with Gasteiger partial charge in [0.05, 0.1) is 0 Å². The molecule has 0 heterocycles. The van der Waals surface area contributed by atoms with E-state index in [-0.39, 0.29) is 0 Å². The van der Waals surface area contributed by atoms with Gasteiger partial charge in [-0.15, -0.1) is 0 Å². The Morgan fingerprint density at radius 2 is 2.00 bits per heavy atom. The van der Waals surface area contributed by atoms with Crippen molar-refractivity contribution in [1.29, 1.82) is 0 Å². The highest BCUT2D eigenvalue weighted by Crippen LogP contribution is 2.32. The third-order valence-electron chi connectivity index (χ3n) is 2.87. The van der Waals surface area contributed by atoms with Gasteiger partial charge in [0.1, 0.15) is 0 Å². The molecule has 2 rings (SSSR count). The van der Waals surface area contributed by atoms with Crippen molar-refractivity contribution in [2.45, 2.75) is 32.6 Å². The molecule has 0 saturated carbocycles. The average molecular weight is 172 g/mol. The van der Waals surface area contributed by atoms with Crippen LogP contribution in [0.25, 0.3) is 5.57 Å². The predicted octanol–water partition coefficient (Wildman–Crippen LogP) is 3.77. The van der Waals surface area contributed by atoms with Crippen LogP contribution in [0, 0.1) is 0 Å². The van der Waals surface area contributed by atoms with Crippen molar-refractivity contribution in [3.8, 4) is 0 Å². The molecule has 0 bridgehead atoms. The summed E-state index contributed by atoms with van der Waals surface area (Å²) < 4.78 is 0. The standard InChI is InChI=1S/C13H16/c1-9(2)11-6-7-13-10(3)4-5-12(13)8-11/h6-9H,3-5H2,1-2H3. The maximum absolute atomic E-state index is 4.07. The van der Waals surface area contributed by atoms with Gasteiger partial charge in [0.15, 0.2) is 0 Å². The zero-order valence-electron chi connectivity index (χ0n) is 8.43. The highest BCUT2D eigenvalue weighted by Gasteiger charge is 2.14. The summed E-state index contributed by atoms with van der Waals surface area (Å²) in [7, 11) is 0.